The summed E-state index contributed by atoms with van der Waals surface area (Å²) in [7, 11) is 3.99. The summed E-state index contributed by atoms with van der Waals surface area (Å²) in [5, 5.41) is 0.491. The van der Waals surface area contributed by atoms with Crippen molar-refractivity contribution in [1.82, 2.24) is 9.88 Å². The lowest BCUT2D eigenvalue weighted by atomic mass is 9.99. The van der Waals surface area contributed by atoms with Crippen molar-refractivity contribution < 1.29 is 0 Å². The van der Waals surface area contributed by atoms with Gasteiger partial charge in [-0.1, -0.05) is 23.7 Å². The molecule has 0 amide bonds. The van der Waals surface area contributed by atoms with Crippen molar-refractivity contribution >= 4 is 23.0 Å². The Morgan fingerprint density at radius 3 is 2.42 bits per heavy atom. The number of aliphatic imine (C=N–C) groups is 1. The highest BCUT2D eigenvalue weighted by atomic mass is 35.5. The number of nitrogens with zero attached hydrogens (tertiary/aromatic N) is 4. The molecular weight excluding hydrogens is 320 g/mol. The van der Waals surface area contributed by atoms with Crippen LogP contribution in [0.25, 0.3) is 0 Å². The van der Waals surface area contributed by atoms with Crippen LogP contribution in [0.3, 0.4) is 0 Å². The predicted molar refractivity (Wildman–Crippen MR) is 102 cm³/mol. The Balaban J connectivity index is 1.85. The molecular formula is C19H23ClN4. The van der Waals surface area contributed by atoms with Crippen molar-refractivity contribution in [3.8, 4) is 0 Å². The van der Waals surface area contributed by atoms with Crippen LogP contribution in [-0.2, 0) is 0 Å². The molecule has 126 valence electrons. The van der Waals surface area contributed by atoms with E-state index in [1.807, 2.05) is 20.0 Å². The zero-order valence-electron chi connectivity index (χ0n) is 14.5. The van der Waals surface area contributed by atoms with Crippen LogP contribution < -0.4 is 4.90 Å². The van der Waals surface area contributed by atoms with Crippen molar-refractivity contribution in [2.45, 2.75) is 6.92 Å². The van der Waals surface area contributed by atoms with Gasteiger partial charge in [-0.2, -0.15) is 0 Å². The third-order valence-electron chi connectivity index (χ3n) is 4.56. The number of anilines is 1. The minimum Gasteiger partial charge on any atom is -0.369 e. The fourth-order valence-electron chi connectivity index (χ4n) is 3.05. The first-order valence-corrected chi connectivity index (χ1v) is 8.59. The Kier molecular flexibility index (Phi) is 5.17. The highest BCUT2D eigenvalue weighted by Crippen LogP contribution is 2.21. The topological polar surface area (TPSA) is 31.7 Å². The van der Waals surface area contributed by atoms with Crippen LogP contribution in [0.5, 0.6) is 0 Å². The lowest BCUT2D eigenvalue weighted by Gasteiger charge is -2.34. The van der Waals surface area contributed by atoms with Gasteiger partial charge in [-0.3, -0.25) is 4.99 Å². The van der Waals surface area contributed by atoms with E-state index in [4.69, 9.17) is 11.6 Å². The molecule has 1 aromatic carbocycles. The fourth-order valence-corrected chi connectivity index (χ4v) is 3.21. The number of rotatable bonds is 3. The van der Waals surface area contributed by atoms with Crippen LogP contribution in [0.4, 0.5) is 5.69 Å². The first-order valence-electron chi connectivity index (χ1n) is 8.21. The fraction of sp³-hybridized carbons (Fsp3) is 0.368. The summed E-state index contributed by atoms with van der Waals surface area (Å²) < 4.78 is 0. The summed E-state index contributed by atoms with van der Waals surface area (Å²) >= 11 is 6.07. The Hall–Kier alpha value is -1.91. The molecule has 0 radical (unpaired) electrons. The summed E-state index contributed by atoms with van der Waals surface area (Å²) in [6.07, 6.45) is 1.79. The summed E-state index contributed by atoms with van der Waals surface area (Å²) in [6, 6.07) is 10.5. The maximum Gasteiger partial charge on any atom is 0.129 e. The van der Waals surface area contributed by atoms with E-state index < -0.39 is 0 Å². The van der Waals surface area contributed by atoms with E-state index in [2.05, 4.69) is 51.1 Å². The molecule has 0 aliphatic carbocycles. The summed E-state index contributed by atoms with van der Waals surface area (Å²) in [5.41, 5.74) is 5.42. The molecule has 1 fully saturated rings. The highest BCUT2D eigenvalue weighted by Gasteiger charge is 2.15. The predicted octanol–water partition coefficient (Wildman–Crippen LogP) is 3.26. The van der Waals surface area contributed by atoms with Crippen molar-refractivity contribution in [3.05, 3.63) is 58.4 Å². The minimum absolute atomic E-state index is 0.491. The molecule has 5 heteroatoms. The van der Waals surface area contributed by atoms with Crippen LogP contribution in [0.15, 0.2) is 41.5 Å². The number of piperazine rings is 1. The molecule has 1 aromatic heterocycles. The average molecular weight is 343 g/mol. The number of halogens is 1. The molecule has 4 nitrogen and oxygen atoms in total. The van der Waals surface area contributed by atoms with Crippen LogP contribution in [-0.4, -0.2) is 55.9 Å². The number of aryl methyl sites for hydroxylation is 1. The standard InChI is InChI=1S/C19H23ClN4/c1-14-13-22-18(20)12-17(14)19(21-2)15-4-6-16(7-5-15)24-10-8-23(3)9-11-24/h4-7,12-13H,8-11H2,1-3H3/b21-19-. The lowest BCUT2D eigenvalue weighted by Crippen LogP contribution is -2.44. The van der Waals surface area contributed by atoms with E-state index in [-0.39, 0.29) is 0 Å². The second-order valence-corrected chi connectivity index (χ2v) is 6.62. The van der Waals surface area contributed by atoms with Gasteiger partial charge in [0.05, 0.1) is 5.71 Å². The second kappa shape index (κ2) is 7.32. The number of benzene rings is 1. The van der Waals surface area contributed by atoms with Gasteiger partial charge in [0.2, 0.25) is 0 Å². The number of aromatic nitrogens is 1. The van der Waals surface area contributed by atoms with E-state index in [0.29, 0.717) is 5.15 Å². The van der Waals surface area contributed by atoms with Crippen molar-refractivity contribution in [3.63, 3.8) is 0 Å². The van der Waals surface area contributed by atoms with Gasteiger partial charge in [-0.05, 0) is 37.7 Å². The average Bonchev–Trinajstić information content (AvgIpc) is 2.60. The summed E-state index contributed by atoms with van der Waals surface area (Å²) in [6.45, 7) is 6.39. The third kappa shape index (κ3) is 3.60. The smallest absolute Gasteiger partial charge is 0.129 e. The van der Waals surface area contributed by atoms with E-state index >= 15 is 0 Å². The molecule has 0 N–H and O–H groups in total. The van der Waals surface area contributed by atoms with E-state index in [1.54, 1.807) is 6.20 Å². The first-order chi connectivity index (χ1) is 11.6. The lowest BCUT2D eigenvalue weighted by molar-refractivity contribution is 0.313. The molecule has 0 unspecified atom stereocenters. The maximum atomic E-state index is 6.07. The van der Waals surface area contributed by atoms with Gasteiger partial charge < -0.3 is 9.80 Å². The van der Waals surface area contributed by atoms with Gasteiger partial charge in [-0.25, -0.2) is 4.98 Å². The van der Waals surface area contributed by atoms with Gasteiger partial charge in [0.1, 0.15) is 5.15 Å². The summed E-state index contributed by atoms with van der Waals surface area (Å²) in [5.74, 6) is 0. The quantitative estimate of drug-likeness (QED) is 0.634. The van der Waals surface area contributed by atoms with Crippen LogP contribution in [0.1, 0.15) is 16.7 Å². The molecule has 0 spiro atoms. The van der Waals surface area contributed by atoms with Gasteiger partial charge in [0, 0.05) is 56.2 Å². The van der Waals surface area contributed by atoms with Crippen molar-refractivity contribution in [2.24, 2.45) is 4.99 Å². The van der Waals surface area contributed by atoms with Crippen molar-refractivity contribution in [1.29, 1.82) is 0 Å². The number of pyridine rings is 1. The van der Waals surface area contributed by atoms with E-state index in [0.717, 1.165) is 48.6 Å². The molecule has 1 aliphatic heterocycles. The van der Waals surface area contributed by atoms with Gasteiger partial charge in [0.15, 0.2) is 0 Å². The minimum atomic E-state index is 0.491. The Morgan fingerprint density at radius 1 is 1.12 bits per heavy atom. The normalized spacial score (nSPS) is 16.5. The molecule has 1 saturated heterocycles. The Labute approximate surface area is 148 Å². The highest BCUT2D eigenvalue weighted by molar-refractivity contribution is 6.30. The van der Waals surface area contributed by atoms with E-state index in [1.165, 1.54) is 5.69 Å². The van der Waals surface area contributed by atoms with Gasteiger partial charge >= 0.3 is 0 Å². The monoisotopic (exact) mass is 342 g/mol. The van der Waals surface area contributed by atoms with Gasteiger partial charge in [0.25, 0.3) is 0 Å². The van der Waals surface area contributed by atoms with Crippen LogP contribution in [0.2, 0.25) is 5.15 Å². The van der Waals surface area contributed by atoms with E-state index in [9.17, 15) is 0 Å². The first kappa shape index (κ1) is 16.9. The van der Waals surface area contributed by atoms with Crippen molar-refractivity contribution in [2.75, 3.05) is 45.2 Å². The van der Waals surface area contributed by atoms with Crippen LogP contribution in [0, 0.1) is 6.92 Å². The Bertz CT molecular complexity index is 732. The summed E-state index contributed by atoms with van der Waals surface area (Å²) in [4.78, 5) is 13.4. The molecule has 0 saturated carbocycles. The molecule has 2 heterocycles. The Morgan fingerprint density at radius 2 is 1.79 bits per heavy atom. The van der Waals surface area contributed by atoms with Crippen LogP contribution >= 0.6 is 11.6 Å². The zero-order chi connectivity index (χ0) is 17.1. The largest absolute Gasteiger partial charge is 0.369 e. The number of hydrogen-bond acceptors (Lipinski definition) is 4. The maximum absolute atomic E-state index is 6.07. The van der Waals surface area contributed by atoms with Gasteiger partial charge in [-0.15, -0.1) is 0 Å². The number of hydrogen-bond donors (Lipinski definition) is 0. The zero-order valence-corrected chi connectivity index (χ0v) is 15.2. The molecule has 3 rings (SSSR count). The molecule has 0 bridgehead atoms. The molecule has 0 atom stereocenters. The molecule has 24 heavy (non-hydrogen) atoms. The third-order valence-corrected chi connectivity index (χ3v) is 4.76. The molecule has 2 aromatic rings. The second-order valence-electron chi connectivity index (χ2n) is 6.23. The number of likely N-dealkylation sites (N-methyl/N-ethyl adjacent to an activating group) is 1. The SMILES string of the molecule is C/N=C(/c1ccc(N2CCN(C)CC2)cc1)c1cc(Cl)ncc1C. The molecule has 1 aliphatic rings.